The van der Waals surface area contributed by atoms with Crippen LogP contribution in [-0.2, 0) is 25.7 Å². The van der Waals surface area contributed by atoms with Crippen LogP contribution in [0.25, 0.3) is 11.1 Å². The Balaban J connectivity index is 2.52. The third kappa shape index (κ3) is 13.4. The summed E-state index contributed by atoms with van der Waals surface area (Å²) in [5, 5.41) is 0. The largest absolute Gasteiger partial charge is 0.0654 e. The van der Waals surface area contributed by atoms with Crippen molar-refractivity contribution in [3.05, 3.63) is 58.7 Å². The van der Waals surface area contributed by atoms with Crippen molar-refractivity contribution in [2.45, 2.75) is 184 Å². The molecule has 0 saturated carbocycles. The molecule has 0 fully saturated rings. The predicted octanol–water partition coefficient (Wildman–Crippen LogP) is 14.4. The Kier molecular flexibility index (Phi) is 20.1. The molecule has 2 aromatic carbocycles. The van der Waals surface area contributed by atoms with E-state index in [9.17, 15) is 0 Å². The SMILES string of the molecule is CCCCC(CC)Cc1ccc(-c2ccc(CC(CC)CCCC)c(CC(CC)CCCC)c2)cc1CC(CC)CCCC. The molecule has 250 valence electrons. The summed E-state index contributed by atoms with van der Waals surface area (Å²) in [6, 6.07) is 15.3. The van der Waals surface area contributed by atoms with Crippen molar-refractivity contribution in [2.75, 3.05) is 0 Å². The maximum absolute atomic E-state index is 2.62. The summed E-state index contributed by atoms with van der Waals surface area (Å²) in [6.45, 7) is 19.0. The average molecular weight is 603 g/mol. The summed E-state index contributed by atoms with van der Waals surface area (Å²) >= 11 is 0. The average Bonchev–Trinajstić information content (AvgIpc) is 3.05. The van der Waals surface area contributed by atoms with Crippen molar-refractivity contribution >= 4 is 0 Å². The highest BCUT2D eigenvalue weighted by Gasteiger charge is 2.18. The molecule has 0 saturated heterocycles. The van der Waals surface area contributed by atoms with Crippen LogP contribution in [0.5, 0.6) is 0 Å². The first-order valence-electron chi connectivity index (χ1n) is 19.7. The Hall–Kier alpha value is -1.56. The van der Waals surface area contributed by atoms with Gasteiger partial charge in [-0.15, -0.1) is 0 Å². The highest BCUT2D eigenvalue weighted by atomic mass is 14.2. The smallest absolute Gasteiger partial charge is 0.0181 e. The molecule has 0 bridgehead atoms. The molecule has 0 aliphatic carbocycles. The highest BCUT2D eigenvalue weighted by Crippen LogP contribution is 2.33. The summed E-state index contributed by atoms with van der Waals surface area (Å²) in [5.74, 6) is 3.23. The summed E-state index contributed by atoms with van der Waals surface area (Å²) < 4.78 is 0. The van der Waals surface area contributed by atoms with E-state index >= 15 is 0 Å². The van der Waals surface area contributed by atoms with Gasteiger partial charge in [0.1, 0.15) is 0 Å². The van der Waals surface area contributed by atoms with Gasteiger partial charge in [-0.1, -0.05) is 195 Å². The van der Waals surface area contributed by atoms with E-state index in [0.29, 0.717) is 0 Å². The quantitative estimate of drug-likeness (QED) is 0.106. The van der Waals surface area contributed by atoms with E-state index in [1.165, 1.54) is 140 Å². The molecule has 2 rings (SSSR count). The van der Waals surface area contributed by atoms with E-state index < -0.39 is 0 Å². The van der Waals surface area contributed by atoms with Crippen LogP contribution in [0, 0.1) is 23.7 Å². The monoisotopic (exact) mass is 603 g/mol. The first-order chi connectivity index (χ1) is 21.5. The van der Waals surface area contributed by atoms with Gasteiger partial charge in [-0.2, -0.15) is 0 Å². The molecular weight excluding hydrogens is 528 g/mol. The van der Waals surface area contributed by atoms with E-state index in [-0.39, 0.29) is 0 Å². The molecule has 0 aromatic heterocycles. The minimum atomic E-state index is 0.801. The van der Waals surface area contributed by atoms with Gasteiger partial charge in [0.2, 0.25) is 0 Å². The molecule has 0 N–H and O–H groups in total. The van der Waals surface area contributed by atoms with Gasteiger partial charge in [0, 0.05) is 0 Å². The van der Waals surface area contributed by atoms with Gasteiger partial charge < -0.3 is 0 Å². The van der Waals surface area contributed by atoms with Gasteiger partial charge in [-0.3, -0.25) is 0 Å². The van der Waals surface area contributed by atoms with E-state index in [1.54, 1.807) is 22.3 Å². The molecule has 0 heteroatoms. The molecular formula is C44H74. The molecule has 0 heterocycles. The van der Waals surface area contributed by atoms with Gasteiger partial charge in [-0.25, -0.2) is 0 Å². The van der Waals surface area contributed by atoms with Crippen LogP contribution in [0.4, 0.5) is 0 Å². The van der Waals surface area contributed by atoms with Crippen LogP contribution >= 0.6 is 0 Å². The number of hydrogen-bond acceptors (Lipinski definition) is 0. The van der Waals surface area contributed by atoms with Crippen molar-refractivity contribution < 1.29 is 0 Å². The number of unbranched alkanes of at least 4 members (excludes halogenated alkanes) is 4. The summed E-state index contributed by atoms with van der Waals surface area (Å²) in [5.41, 5.74) is 9.45. The lowest BCUT2D eigenvalue weighted by Gasteiger charge is -2.23. The normalized spacial score (nSPS) is 14.5. The lowest BCUT2D eigenvalue weighted by atomic mass is 9.82. The summed E-state index contributed by atoms with van der Waals surface area (Å²) in [7, 11) is 0. The molecule has 0 aliphatic heterocycles. The molecule has 44 heavy (non-hydrogen) atoms. The fraction of sp³-hybridized carbons (Fsp3) is 0.727. The Labute approximate surface area is 276 Å². The van der Waals surface area contributed by atoms with Gasteiger partial charge in [0.05, 0.1) is 0 Å². The molecule has 0 aliphatic rings. The standard InChI is InChI=1S/C44H74/c1-9-17-21-35(13-5)29-39-25-27-41(33-43(39)31-37(15-7)23-19-11-3)42-28-26-40(30-36(14-6)22-18-10-2)44(34-42)32-38(16-8)24-20-12-4/h25-28,33-38H,9-24,29-32H2,1-8H3. The zero-order valence-corrected chi connectivity index (χ0v) is 30.9. The van der Waals surface area contributed by atoms with Gasteiger partial charge in [-0.05, 0) is 82.7 Å². The third-order valence-electron chi connectivity index (χ3n) is 11.0. The fourth-order valence-corrected chi connectivity index (χ4v) is 7.41. The maximum Gasteiger partial charge on any atom is -0.0181 e. The molecule has 4 unspecified atom stereocenters. The summed E-state index contributed by atoms with van der Waals surface area (Å²) in [4.78, 5) is 0. The second kappa shape index (κ2) is 22.9. The van der Waals surface area contributed by atoms with Crippen molar-refractivity contribution in [3.63, 3.8) is 0 Å². The second-order valence-electron chi connectivity index (χ2n) is 14.4. The predicted molar refractivity (Wildman–Crippen MR) is 200 cm³/mol. The van der Waals surface area contributed by atoms with Crippen molar-refractivity contribution in [1.29, 1.82) is 0 Å². The molecule has 2 aromatic rings. The first-order valence-corrected chi connectivity index (χ1v) is 19.7. The van der Waals surface area contributed by atoms with Crippen LogP contribution in [-0.4, -0.2) is 0 Å². The van der Waals surface area contributed by atoms with Crippen LogP contribution < -0.4 is 0 Å². The van der Waals surface area contributed by atoms with Crippen molar-refractivity contribution in [2.24, 2.45) is 23.7 Å². The Morgan fingerprint density at radius 2 is 0.636 bits per heavy atom. The van der Waals surface area contributed by atoms with Crippen LogP contribution in [0.2, 0.25) is 0 Å². The van der Waals surface area contributed by atoms with E-state index in [1.807, 2.05) is 0 Å². The third-order valence-corrected chi connectivity index (χ3v) is 11.0. The number of rotatable bonds is 25. The van der Waals surface area contributed by atoms with E-state index in [4.69, 9.17) is 0 Å². The Morgan fingerprint density at radius 1 is 0.364 bits per heavy atom. The van der Waals surface area contributed by atoms with E-state index in [0.717, 1.165) is 23.7 Å². The molecule has 0 radical (unpaired) electrons. The zero-order valence-electron chi connectivity index (χ0n) is 30.9. The highest BCUT2D eigenvalue weighted by molar-refractivity contribution is 5.66. The molecule has 4 atom stereocenters. The van der Waals surface area contributed by atoms with Gasteiger partial charge in [0.25, 0.3) is 0 Å². The van der Waals surface area contributed by atoms with Crippen LogP contribution in [0.1, 0.15) is 180 Å². The Bertz CT molecular complexity index is 918. The van der Waals surface area contributed by atoms with E-state index in [2.05, 4.69) is 91.8 Å². The molecule has 0 spiro atoms. The Morgan fingerprint density at radius 3 is 0.886 bits per heavy atom. The van der Waals surface area contributed by atoms with Crippen LogP contribution in [0.15, 0.2) is 36.4 Å². The number of hydrogen-bond donors (Lipinski definition) is 0. The molecule has 0 amide bonds. The maximum atomic E-state index is 2.62. The molecule has 0 nitrogen and oxygen atoms in total. The van der Waals surface area contributed by atoms with Gasteiger partial charge in [0.15, 0.2) is 0 Å². The minimum Gasteiger partial charge on any atom is -0.0654 e. The topological polar surface area (TPSA) is 0 Å². The second-order valence-corrected chi connectivity index (χ2v) is 14.4. The van der Waals surface area contributed by atoms with Crippen molar-refractivity contribution in [3.8, 4) is 11.1 Å². The van der Waals surface area contributed by atoms with Gasteiger partial charge >= 0.3 is 0 Å². The lowest BCUT2D eigenvalue weighted by molar-refractivity contribution is 0.434. The van der Waals surface area contributed by atoms with Crippen LogP contribution in [0.3, 0.4) is 0 Å². The minimum absolute atomic E-state index is 0.801. The summed E-state index contributed by atoms with van der Waals surface area (Å²) in [6.07, 6.45) is 26.4. The lowest BCUT2D eigenvalue weighted by Crippen LogP contribution is -2.11. The fourth-order valence-electron chi connectivity index (χ4n) is 7.41. The zero-order chi connectivity index (χ0) is 32.2. The number of benzene rings is 2. The van der Waals surface area contributed by atoms with Crippen molar-refractivity contribution in [1.82, 2.24) is 0 Å². The first kappa shape index (κ1) is 38.6.